The summed E-state index contributed by atoms with van der Waals surface area (Å²) in [5.41, 5.74) is 11.5. The molecule has 0 saturated carbocycles. The van der Waals surface area contributed by atoms with Crippen molar-refractivity contribution in [1.29, 1.82) is 0 Å². The van der Waals surface area contributed by atoms with Gasteiger partial charge in [-0.05, 0) is 68.4 Å². The number of amides is 2. The van der Waals surface area contributed by atoms with E-state index in [4.69, 9.17) is 10.5 Å². The van der Waals surface area contributed by atoms with Crippen LogP contribution in [-0.2, 0) is 0 Å². The third-order valence-corrected chi connectivity index (χ3v) is 6.66. The molecule has 1 radical (unpaired) electrons. The largest absolute Gasteiger partial charge is 0.370 e. The smallest absolute Gasteiger partial charge is 0.338 e. The second-order valence-electron chi connectivity index (χ2n) is 8.78. The number of carbonyl (C=O) groups is 1. The van der Waals surface area contributed by atoms with Crippen molar-refractivity contribution in [3.05, 3.63) is 109 Å². The fourth-order valence-corrected chi connectivity index (χ4v) is 4.94. The Hall–Kier alpha value is -4.78. The molecule has 0 spiro atoms. The number of hydrazone groups is 1. The van der Waals surface area contributed by atoms with Gasteiger partial charge in [0.05, 0.1) is 34.1 Å². The van der Waals surface area contributed by atoms with Gasteiger partial charge in [0.2, 0.25) is 5.84 Å². The molecule has 2 amide bonds. The highest BCUT2D eigenvalue weighted by Gasteiger charge is 2.33. The summed E-state index contributed by atoms with van der Waals surface area (Å²) in [7, 11) is 0. The van der Waals surface area contributed by atoms with Gasteiger partial charge in [0, 0.05) is 18.7 Å². The first-order valence-corrected chi connectivity index (χ1v) is 12.5. The zero-order valence-electron chi connectivity index (χ0n) is 20.8. The molecule has 0 saturated heterocycles. The molecule has 0 aromatic heterocycles. The van der Waals surface area contributed by atoms with Gasteiger partial charge in [0.15, 0.2) is 0 Å². The van der Waals surface area contributed by atoms with Crippen LogP contribution < -0.4 is 25.2 Å². The summed E-state index contributed by atoms with van der Waals surface area (Å²) in [6.45, 7) is 5.99. The predicted molar refractivity (Wildman–Crippen MR) is 150 cm³/mol. The maximum Gasteiger partial charge on any atom is 0.370 e. The Labute approximate surface area is 216 Å². The van der Waals surface area contributed by atoms with Gasteiger partial charge in [0.1, 0.15) is 0 Å². The van der Waals surface area contributed by atoms with Gasteiger partial charge >= 0.3 is 6.03 Å². The van der Waals surface area contributed by atoms with E-state index >= 15 is 0 Å². The number of fused-ring (bicyclic) bond motifs is 2. The van der Waals surface area contributed by atoms with Crippen molar-refractivity contribution >= 4 is 46.0 Å². The van der Waals surface area contributed by atoms with Gasteiger partial charge in [-0.1, -0.05) is 48.5 Å². The van der Waals surface area contributed by atoms with Gasteiger partial charge in [-0.15, -0.1) is 10.5 Å². The van der Waals surface area contributed by atoms with E-state index in [0.717, 1.165) is 30.0 Å². The molecule has 37 heavy (non-hydrogen) atoms. The van der Waals surface area contributed by atoms with Crippen molar-refractivity contribution < 1.29 is 4.79 Å². The lowest BCUT2D eigenvalue weighted by Crippen LogP contribution is -2.52. The highest BCUT2D eigenvalue weighted by atomic mass is 16.2. The van der Waals surface area contributed by atoms with Gasteiger partial charge in [-0.3, -0.25) is 0 Å². The summed E-state index contributed by atoms with van der Waals surface area (Å²) in [5, 5.41) is 7.56. The Bertz CT molecular complexity index is 1470. The topological polar surface area (TPSA) is 56.5 Å². The monoisotopic (exact) mass is 487 g/mol. The molecular formula is C30H27N6O. The second-order valence-corrected chi connectivity index (χ2v) is 8.78. The Kier molecular flexibility index (Phi) is 5.73. The summed E-state index contributed by atoms with van der Waals surface area (Å²) in [6.07, 6.45) is 0. The maximum atomic E-state index is 13.5. The molecule has 183 valence electrons. The Morgan fingerprint density at radius 1 is 0.595 bits per heavy atom. The van der Waals surface area contributed by atoms with Crippen LogP contribution >= 0.6 is 0 Å². The van der Waals surface area contributed by atoms with Crippen molar-refractivity contribution in [2.75, 3.05) is 32.9 Å². The van der Waals surface area contributed by atoms with Crippen LogP contribution in [0.15, 0.2) is 108 Å². The van der Waals surface area contributed by atoms with Crippen LogP contribution in [0.4, 0.5) is 38.9 Å². The third kappa shape index (κ3) is 3.85. The number of hydrogen-bond acceptors (Lipinski definition) is 4. The van der Waals surface area contributed by atoms with E-state index < -0.39 is 0 Å². The molecule has 4 aromatic carbocycles. The summed E-state index contributed by atoms with van der Waals surface area (Å²) >= 11 is 0. The highest BCUT2D eigenvalue weighted by molar-refractivity contribution is 6.13. The van der Waals surface area contributed by atoms with E-state index in [1.54, 1.807) is 0 Å². The number of carbonyl (C=O) groups excluding carboxylic acids is 1. The molecule has 2 aliphatic rings. The summed E-state index contributed by atoms with van der Waals surface area (Å²) < 4.78 is 0. The lowest BCUT2D eigenvalue weighted by Gasteiger charge is -2.40. The number of urea groups is 1. The molecule has 0 unspecified atom stereocenters. The molecule has 2 heterocycles. The van der Waals surface area contributed by atoms with E-state index in [2.05, 4.69) is 60.0 Å². The van der Waals surface area contributed by atoms with Crippen LogP contribution in [0.5, 0.6) is 0 Å². The Morgan fingerprint density at radius 3 is 1.70 bits per heavy atom. The van der Waals surface area contributed by atoms with Crippen LogP contribution in [0.3, 0.4) is 0 Å². The molecule has 0 aliphatic carbocycles. The first-order chi connectivity index (χ1) is 18.2. The third-order valence-electron chi connectivity index (χ3n) is 6.66. The van der Waals surface area contributed by atoms with Gasteiger partial charge < -0.3 is 9.80 Å². The van der Waals surface area contributed by atoms with Gasteiger partial charge in [-0.2, -0.15) is 10.0 Å². The number of hydrogen-bond donors (Lipinski definition) is 0. The van der Waals surface area contributed by atoms with Crippen molar-refractivity contribution in [2.24, 2.45) is 5.10 Å². The van der Waals surface area contributed by atoms with E-state index in [1.807, 2.05) is 66.7 Å². The average Bonchev–Trinajstić information content (AvgIpc) is 2.96. The minimum absolute atomic E-state index is 0.333. The molecule has 0 N–H and O–H groups in total. The fourth-order valence-electron chi connectivity index (χ4n) is 4.94. The van der Waals surface area contributed by atoms with Crippen LogP contribution in [0, 0.1) is 0 Å². The summed E-state index contributed by atoms with van der Waals surface area (Å²) in [4.78, 5) is 18.1. The second kappa shape index (κ2) is 9.35. The van der Waals surface area contributed by atoms with Gasteiger partial charge in [-0.25, -0.2) is 4.79 Å². The molecule has 6 rings (SSSR count). The lowest BCUT2D eigenvalue weighted by atomic mass is 10.0. The van der Waals surface area contributed by atoms with E-state index in [1.165, 1.54) is 21.4 Å². The van der Waals surface area contributed by atoms with E-state index in [9.17, 15) is 4.79 Å². The summed E-state index contributed by atoms with van der Waals surface area (Å²) in [5.74, 6) is 0.466. The number of rotatable bonds is 5. The number of anilines is 6. The highest BCUT2D eigenvalue weighted by Crippen LogP contribution is 2.47. The zero-order valence-corrected chi connectivity index (χ0v) is 20.8. The zero-order chi connectivity index (χ0) is 25.4. The predicted octanol–water partition coefficient (Wildman–Crippen LogP) is 6.64. The normalized spacial score (nSPS) is 14.6. The van der Waals surface area contributed by atoms with Crippen molar-refractivity contribution in [2.45, 2.75) is 13.8 Å². The number of benzene rings is 4. The first kappa shape index (κ1) is 22.7. The number of nitrogens with zero attached hydrogens (tertiary/aromatic N) is 6. The summed E-state index contributed by atoms with van der Waals surface area (Å²) in [6, 6.07) is 33.3. The van der Waals surface area contributed by atoms with Crippen molar-refractivity contribution in [1.82, 2.24) is 5.43 Å². The Morgan fingerprint density at radius 2 is 1.11 bits per heavy atom. The van der Waals surface area contributed by atoms with Crippen LogP contribution in [0.1, 0.15) is 19.4 Å². The average molecular weight is 488 g/mol. The molecular weight excluding hydrogens is 460 g/mol. The molecule has 7 nitrogen and oxygen atoms in total. The standard InChI is InChI=1S/C30H27N6O/c1-3-33-25-17-11-12-18-26(25)34(4-2)28-21-22(19-20-27(28)33)29-31-35(23-13-7-5-8-14-23)30(37)36(32-29)24-15-9-6-10-16-24/h5-21H,3-4H2,1-2H3. The number of amidine groups is 1. The van der Waals surface area contributed by atoms with Crippen LogP contribution in [0.25, 0.3) is 0 Å². The molecule has 0 atom stereocenters. The SMILES string of the molecule is CCN1c2ccccc2N(CC)c2cc(C3=NN(c4ccccc4)C(=O)N(c4ccccc4)[N]3)ccc21. The first-order valence-electron chi connectivity index (χ1n) is 12.5. The Balaban J connectivity index is 1.47. The molecule has 0 fully saturated rings. The molecule has 4 aromatic rings. The number of para-hydroxylation sites is 4. The minimum atomic E-state index is -0.333. The quantitative estimate of drug-likeness (QED) is 0.317. The van der Waals surface area contributed by atoms with E-state index in [-0.39, 0.29) is 6.03 Å². The van der Waals surface area contributed by atoms with Gasteiger partial charge in [0.25, 0.3) is 0 Å². The van der Waals surface area contributed by atoms with Crippen molar-refractivity contribution in [3.8, 4) is 0 Å². The van der Waals surface area contributed by atoms with Crippen LogP contribution in [-0.4, -0.2) is 25.0 Å². The van der Waals surface area contributed by atoms with E-state index in [0.29, 0.717) is 17.2 Å². The maximum absolute atomic E-state index is 13.5. The lowest BCUT2D eigenvalue weighted by molar-refractivity contribution is 0.249. The van der Waals surface area contributed by atoms with Crippen molar-refractivity contribution in [3.63, 3.8) is 0 Å². The molecule has 0 bridgehead atoms. The minimum Gasteiger partial charge on any atom is -0.338 e. The fraction of sp³-hybridized carbons (Fsp3) is 0.133. The molecule has 7 heteroatoms. The van der Waals surface area contributed by atoms with Crippen LogP contribution in [0.2, 0.25) is 0 Å². The molecule has 2 aliphatic heterocycles.